The number of fused-ring (bicyclic) bond motifs is 2. The maximum Gasteiger partial charge on any atom is 0.406 e. The van der Waals surface area contributed by atoms with Gasteiger partial charge in [-0.3, -0.25) is 14.3 Å². The van der Waals surface area contributed by atoms with E-state index in [2.05, 4.69) is 41.6 Å². The van der Waals surface area contributed by atoms with E-state index in [1.807, 2.05) is 23.6 Å². The zero-order valence-corrected chi connectivity index (χ0v) is 23.7. The molecule has 218 valence electrons. The van der Waals surface area contributed by atoms with Gasteiger partial charge in [0.05, 0.1) is 12.5 Å². The number of hydrogen-bond donors (Lipinski definition) is 0. The maximum atomic E-state index is 12.9. The van der Waals surface area contributed by atoms with Crippen LogP contribution in [0.25, 0.3) is 11.2 Å². The lowest BCUT2D eigenvalue weighted by Gasteiger charge is -2.47. The summed E-state index contributed by atoms with van der Waals surface area (Å²) in [5.41, 5.74) is 2.68. The molecule has 5 rings (SSSR count). The molecule has 3 atom stereocenters. The van der Waals surface area contributed by atoms with E-state index in [9.17, 15) is 28.0 Å². The molecule has 41 heavy (non-hydrogen) atoms. The van der Waals surface area contributed by atoms with Crippen molar-refractivity contribution in [1.29, 1.82) is 5.26 Å². The van der Waals surface area contributed by atoms with Gasteiger partial charge in [0, 0.05) is 56.9 Å². The van der Waals surface area contributed by atoms with Crippen LogP contribution < -0.4 is 10.6 Å². The predicted octanol–water partition coefficient (Wildman–Crippen LogP) is 3.39. The predicted molar refractivity (Wildman–Crippen MR) is 146 cm³/mol. The van der Waals surface area contributed by atoms with Gasteiger partial charge >= 0.3 is 11.9 Å². The second-order valence-corrected chi connectivity index (χ2v) is 11.0. The second kappa shape index (κ2) is 10.5. The van der Waals surface area contributed by atoms with Gasteiger partial charge in [0.2, 0.25) is 0 Å². The van der Waals surface area contributed by atoms with Gasteiger partial charge in [-0.1, -0.05) is 12.1 Å². The summed E-state index contributed by atoms with van der Waals surface area (Å²) in [7, 11) is 1.66. The third-order valence-corrected chi connectivity index (χ3v) is 8.26. The van der Waals surface area contributed by atoms with Gasteiger partial charge in [0.1, 0.15) is 23.5 Å². The first kappa shape index (κ1) is 28.6. The molecular weight excluding hydrogens is 537 g/mol. The monoisotopic (exact) mass is 570 g/mol. The number of anilines is 1. The van der Waals surface area contributed by atoms with Gasteiger partial charge in [-0.2, -0.15) is 23.4 Å². The molecular formula is C28H33F3N8O2. The van der Waals surface area contributed by atoms with E-state index in [-0.39, 0.29) is 31.1 Å². The molecule has 0 saturated carbocycles. The number of imidazole rings is 1. The van der Waals surface area contributed by atoms with E-state index in [0.717, 1.165) is 10.5 Å². The highest BCUT2D eigenvalue weighted by Gasteiger charge is 2.39. The third-order valence-electron chi connectivity index (χ3n) is 8.26. The number of aromatic nitrogens is 4. The summed E-state index contributed by atoms with van der Waals surface area (Å²) in [6, 6.07) is 7.38. The zero-order valence-electron chi connectivity index (χ0n) is 23.7. The Morgan fingerprint density at radius 1 is 1.15 bits per heavy atom. The molecule has 1 aromatic carbocycles. The van der Waals surface area contributed by atoms with Crippen LogP contribution in [0, 0.1) is 11.3 Å². The maximum absolute atomic E-state index is 12.9. The SMILES string of the molecule is CCn1c(CC#N)nc2c(N3C[C@@H](C)N(C(C)c4ccc5c(c4)CN(CC(F)(F)F)C5=O)C[C@@H]3C)nc(=O)n(C)c21. The number of piperazine rings is 1. The molecule has 4 heterocycles. The van der Waals surface area contributed by atoms with Crippen LogP contribution in [0.1, 0.15) is 61.0 Å². The summed E-state index contributed by atoms with van der Waals surface area (Å²) >= 11 is 0. The fourth-order valence-electron chi connectivity index (χ4n) is 6.21. The highest BCUT2D eigenvalue weighted by molar-refractivity contribution is 5.98. The molecule has 0 aliphatic carbocycles. The van der Waals surface area contributed by atoms with E-state index in [4.69, 9.17) is 4.98 Å². The van der Waals surface area contributed by atoms with Crippen LogP contribution in [0.3, 0.4) is 0 Å². The first-order valence-electron chi connectivity index (χ1n) is 13.7. The average molecular weight is 571 g/mol. The number of alkyl halides is 3. The lowest BCUT2D eigenvalue weighted by molar-refractivity contribution is -0.140. The van der Waals surface area contributed by atoms with E-state index in [0.29, 0.717) is 53.6 Å². The summed E-state index contributed by atoms with van der Waals surface area (Å²) in [4.78, 5) is 39.8. The first-order valence-corrected chi connectivity index (χ1v) is 13.7. The Balaban J connectivity index is 1.41. The largest absolute Gasteiger partial charge is 0.406 e. The van der Waals surface area contributed by atoms with Crippen LogP contribution in [0.5, 0.6) is 0 Å². The Bertz CT molecular complexity index is 1600. The van der Waals surface area contributed by atoms with Crippen molar-refractivity contribution in [3.63, 3.8) is 0 Å². The number of amides is 1. The van der Waals surface area contributed by atoms with E-state index >= 15 is 0 Å². The molecule has 2 aromatic heterocycles. The van der Waals surface area contributed by atoms with E-state index in [1.54, 1.807) is 13.1 Å². The Hall–Kier alpha value is -3.92. The highest BCUT2D eigenvalue weighted by atomic mass is 19.4. The standard InChI is InChI=1S/C28H33F3N8O2/c1-6-37-22(9-10-32)33-23-24(34-27(41)35(5)25(23)37)39-13-16(2)38(12-17(39)3)18(4)19-7-8-21-20(11-19)14-36(26(21)40)15-28(29,30)31/h7-8,11,16-18H,6,9,12-15H2,1-5H3/t16-,17+,18?/m1/s1. The fourth-order valence-corrected chi connectivity index (χ4v) is 6.21. The average Bonchev–Trinajstić information content (AvgIpc) is 3.43. The Morgan fingerprint density at radius 2 is 1.88 bits per heavy atom. The van der Waals surface area contributed by atoms with Crippen molar-refractivity contribution in [3.05, 3.63) is 51.2 Å². The normalized spacial score (nSPS) is 20.5. The number of benzene rings is 1. The van der Waals surface area contributed by atoms with Crippen LogP contribution >= 0.6 is 0 Å². The fraction of sp³-hybridized carbons (Fsp3) is 0.536. The minimum Gasteiger partial charge on any atom is -0.349 e. The quantitative estimate of drug-likeness (QED) is 0.448. The van der Waals surface area contributed by atoms with Gasteiger partial charge in [0.25, 0.3) is 5.91 Å². The number of nitrogens with zero attached hydrogens (tertiary/aromatic N) is 8. The van der Waals surface area contributed by atoms with Crippen LogP contribution in [-0.2, 0) is 26.6 Å². The van der Waals surface area contributed by atoms with Crippen molar-refractivity contribution in [2.75, 3.05) is 24.5 Å². The highest BCUT2D eigenvalue weighted by Crippen LogP contribution is 2.34. The molecule has 1 unspecified atom stereocenters. The Morgan fingerprint density at radius 3 is 2.54 bits per heavy atom. The molecule has 1 amide bonds. The molecule has 10 nitrogen and oxygen atoms in total. The number of hydrogen-bond acceptors (Lipinski definition) is 7. The molecule has 0 N–H and O–H groups in total. The molecule has 2 aliphatic rings. The minimum absolute atomic E-state index is 0.0329. The van der Waals surface area contributed by atoms with Crippen molar-refractivity contribution in [2.24, 2.45) is 7.05 Å². The van der Waals surface area contributed by atoms with Gasteiger partial charge in [-0.15, -0.1) is 0 Å². The number of carbonyl (C=O) groups excluding carboxylic acids is 1. The molecule has 0 spiro atoms. The van der Waals surface area contributed by atoms with Crippen LogP contribution in [-0.4, -0.2) is 72.7 Å². The molecule has 1 fully saturated rings. The smallest absolute Gasteiger partial charge is 0.349 e. The van der Waals surface area contributed by atoms with Crippen molar-refractivity contribution < 1.29 is 18.0 Å². The van der Waals surface area contributed by atoms with Crippen molar-refractivity contribution in [2.45, 2.75) is 71.5 Å². The summed E-state index contributed by atoms with van der Waals surface area (Å²) in [6.07, 6.45) is -4.33. The van der Waals surface area contributed by atoms with Crippen molar-refractivity contribution >= 4 is 22.9 Å². The topological polar surface area (TPSA) is 103 Å². The molecule has 3 aromatic rings. The Labute approximate surface area is 235 Å². The number of carbonyl (C=O) groups is 1. The van der Waals surface area contributed by atoms with Crippen molar-refractivity contribution in [3.8, 4) is 6.07 Å². The van der Waals surface area contributed by atoms with Crippen LogP contribution in [0.4, 0.5) is 19.0 Å². The number of nitriles is 1. The van der Waals surface area contributed by atoms with Gasteiger partial charge in [0.15, 0.2) is 5.82 Å². The third kappa shape index (κ3) is 5.05. The molecule has 2 aliphatic heterocycles. The van der Waals surface area contributed by atoms with Gasteiger partial charge < -0.3 is 14.4 Å². The first-order chi connectivity index (χ1) is 19.3. The molecule has 13 heteroatoms. The lowest BCUT2D eigenvalue weighted by atomic mass is 9.97. The summed E-state index contributed by atoms with van der Waals surface area (Å²) < 4.78 is 42.2. The van der Waals surface area contributed by atoms with Crippen molar-refractivity contribution in [1.82, 2.24) is 28.9 Å². The lowest BCUT2D eigenvalue weighted by Crippen LogP contribution is -2.57. The zero-order chi connectivity index (χ0) is 29.8. The summed E-state index contributed by atoms with van der Waals surface area (Å²) in [5, 5.41) is 9.31. The molecule has 0 bridgehead atoms. The van der Waals surface area contributed by atoms with Crippen LogP contribution in [0.2, 0.25) is 0 Å². The summed E-state index contributed by atoms with van der Waals surface area (Å²) in [6.45, 7) is 8.57. The van der Waals surface area contributed by atoms with Gasteiger partial charge in [-0.25, -0.2) is 9.78 Å². The Kier molecular flexibility index (Phi) is 7.31. The number of rotatable bonds is 6. The minimum atomic E-state index is -4.45. The second-order valence-electron chi connectivity index (χ2n) is 11.0. The number of halogens is 3. The number of aryl methyl sites for hydroxylation is 2. The van der Waals surface area contributed by atoms with E-state index < -0.39 is 24.3 Å². The van der Waals surface area contributed by atoms with Crippen LogP contribution in [0.15, 0.2) is 23.0 Å². The van der Waals surface area contributed by atoms with Gasteiger partial charge in [-0.05, 0) is 44.9 Å². The molecule has 0 radical (unpaired) electrons. The van der Waals surface area contributed by atoms with E-state index in [1.165, 1.54) is 4.57 Å². The summed E-state index contributed by atoms with van der Waals surface area (Å²) in [5.74, 6) is 0.497. The molecule has 1 saturated heterocycles.